The predicted octanol–water partition coefficient (Wildman–Crippen LogP) is 2.04. The zero-order chi connectivity index (χ0) is 18.9. The molecule has 8 nitrogen and oxygen atoms in total. The minimum absolute atomic E-state index is 0.872. The fourth-order valence-electron chi connectivity index (χ4n) is 3.35. The molecule has 0 aromatic rings. The van der Waals surface area contributed by atoms with Crippen molar-refractivity contribution in [1.82, 2.24) is 5.32 Å². The van der Waals surface area contributed by atoms with E-state index in [9.17, 15) is 18.0 Å². The number of nitrogens with one attached hydrogen (secondary N) is 1. The minimum atomic E-state index is -4.84. The van der Waals surface area contributed by atoms with Gasteiger partial charge in [-0.3, -0.25) is 14.1 Å². The lowest BCUT2D eigenvalue weighted by molar-refractivity contribution is -0.143. The first-order valence-corrected chi connectivity index (χ1v) is 10.4. The van der Waals surface area contributed by atoms with Crippen molar-refractivity contribution in [1.29, 1.82) is 0 Å². The summed E-state index contributed by atoms with van der Waals surface area (Å²) in [7, 11) is -4.84. The molecular weight excluding hydrogens is 350 g/mol. The predicted molar refractivity (Wildman–Crippen MR) is 92.1 cm³/mol. The van der Waals surface area contributed by atoms with Crippen LogP contribution in [0.5, 0.6) is 0 Å². The number of hydrogen-bond donors (Lipinski definition) is 4. The number of carboxylic acid groups (broad SMARTS) is 2. The van der Waals surface area contributed by atoms with Crippen LogP contribution in [0.15, 0.2) is 0 Å². The third kappa shape index (κ3) is 9.18. The van der Waals surface area contributed by atoms with Gasteiger partial charge in [0.1, 0.15) is 0 Å². The monoisotopic (exact) mass is 379 g/mol. The van der Waals surface area contributed by atoms with E-state index in [-0.39, 0.29) is 0 Å². The highest BCUT2D eigenvalue weighted by atomic mass is 32.2. The Hall–Kier alpha value is -1.19. The van der Waals surface area contributed by atoms with Crippen LogP contribution in [-0.4, -0.2) is 52.5 Å². The van der Waals surface area contributed by atoms with E-state index in [0.717, 1.165) is 12.1 Å². The van der Waals surface area contributed by atoms with E-state index in [0.29, 0.717) is 0 Å². The molecule has 0 saturated heterocycles. The van der Waals surface area contributed by atoms with Gasteiger partial charge in [-0.25, -0.2) is 0 Å². The molecule has 1 atom stereocenters. The van der Waals surface area contributed by atoms with Crippen molar-refractivity contribution in [3.05, 3.63) is 0 Å². The molecule has 2 fully saturated rings. The average molecular weight is 379 g/mol. The molecule has 2 aliphatic rings. The first-order valence-electron chi connectivity index (χ1n) is 8.87. The Bertz CT molecular complexity index is 507. The SMILES string of the molecule is C1CCC(NC2CCCCC2)CC1.O=C(O)CC(C(=O)O)S(=O)(=O)O. The average Bonchev–Trinajstić information content (AvgIpc) is 2.54. The van der Waals surface area contributed by atoms with Gasteiger partial charge in [0.15, 0.2) is 5.25 Å². The lowest BCUT2D eigenvalue weighted by atomic mass is 9.91. The van der Waals surface area contributed by atoms with E-state index in [1.807, 2.05) is 0 Å². The van der Waals surface area contributed by atoms with Gasteiger partial charge in [-0.15, -0.1) is 0 Å². The molecule has 0 aromatic heterocycles. The number of carbonyl (C=O) groups is 2. The Morgan fingerprint density at radius 3 is 1.52 bits per heavy atom. The topological polar surface area (TPSA) is 141 Å². The maximum atomic E-state index is 10.2. The van der Waals surface area contributed by atoms with Crippen LogP contribution in [0, 0.1) is 0 Å². The molecule has 146 valence electrons. The first kappa shape index (κ1) is 21.9. The van der Waals surface area contributed by atoms with Gasteiger partial charge in [0, 0.05) is 12.1 Å². The van der Waals surface area contributed by atoms with Crippen molar-refractivity contribution in [3.63, 3.8) is 0 Å². The second kappa shape index (κ2) is 10.7. The van der Waals surface area contributed by atoms with Gasteiger partial charge >= 0.3 is 11.9 Å². The number of rotatable bonds is 6. The van der Waals surface area contributed by atoms with E-state index in [1.54, 1.807) is 0 Å². The minimum Gasteiger partial charge on any atom is -0.481 e. The van der Waals surface area contributed by atoms with E-state index < -0.39 is 33.7 Å². The van der Waals surface area contributed by atoms with Crippen molar-refractivity contribution in [2.45, 2.75) is 88.0 Å². The number of aliphatic carboxylic acids is 2. The molecule has 0 spiro atoms. The maximum absolute atomic E-state index is 10.2. The van der Waals surface area contributed by atoms with Crippen molar-refractivity contribution in [2.75, 3.05) is 0 Å². The van der Waals surface area contributed by atoms with Gasteiger partial charge in [0.25, 0.3) is 10.1 Å². The lowest BCUT2D eigenvalue weighted by Gasteiger charge is -2.30. The zero-order valence-electron chi connectivity index (χ0n) is 14.4. The van der Waals surface area contributed by atoms with Crippen molar-refractivity contribution in [2.24, 2.45) is 0 Å². The zero-order valence-corrected chi connectivity index (χ0v) is 15.2. The van der Waals surface area contributed by atoms with Crippen molar-refractivity contribution in [3.8, 4) is 0 Å². The molecule has 2 saturated carbocycles. The Balaban J connectivity index is 0.000000252. The molecule has 0 aromatic carbocycles. The van der Waals surface area contributed by atoms with Gasteiger partial charge in [-0.05, 0) is 25.7 Å². The molecule has 4 N–H and O–H groups in total. The third-order valence-corrected chi connectivity index (χ3v) is 5.76. The molecule has 0 radical (unpaired) electrons. The van der Waals surface area contributed by atoms with Crippen LogP contribution in [0.2, 0.25) is 0 Å². The Labute approximate surface area is 148 Å². The van der Waals surface area contributed by atoms with Gasteiger partial charge < -0.3 is 15.5 Å². The molecule has 0 bridgehead atoms. The van der Waals surface area contributed by atoms with Crippen LogP contribution >= 0.6 is 0 Å². The summed E-state index contributed by atoms with van der Waals surface area (Å²) in [5.41, 5.74) is 0. The molecule has 2 rings (SSSR count). The van der Waals surface area contributed by atoms with Gasteiger partial charge in [-0.2, -0.15) is 8.42 Å². The maximum Gasteiger partial charge on any atom is 0.325 e. The molecule has 2 aliphatic carbocycles. The summed E-state index contributed by atoms with van der Waals surface area (Å²) in [6.07, 6.45) is 13.4. The molecule has 0 heterocycles. The third-order valence-electron chi connectivity index (χ3n) is 4.68. The van der Waals surface area contributed by atoms with Crippen LogP contribution in [0.1, 0.15) is 70.6 Å². The Kier molecular flexibility index (Phi) is 9.37. The van der Waals surface area contributed by atoms with Crippen molar-refractivity contribution >= 4 is 22.1 Å². The van der Waals surface area contributed by atoms with Crippen LogP contribution in [0.3, 0.4) is 0 Å². The van der Waals surface area contributed by atoms with E-state index in [1.165, 1.54) is 64.2 Å². The van der Waals surface area contributed by atoms with Crippen LogP contribution in [0.25, 0.3) is 0 Å². The molecule has 1 unspecified atom stereocenters. The van der Waals surface area contributed by atoms with Crippen molar-refractivity contribution < 1.29 is 32.8 Å². The largest absolute Gasteiger partial charge is 0.481 e. The number of carboxylic acids is 2. The first-order chi connectivity index (χ1) is 11.7. The van der Waals surface area contributed by atoms with E-state index >= 15 is 0 Å². The summed E-state index contributed by atoms with van der Waals surface area (Å²) in [5.74, 6) is -3.50. The Morgan fingerprint density at radius 1 is 0.880 bits per heavy atom. The molecule has 9 heteroatoms. The second-order valence-electron chi connectivity index (χ2n) is 6.78. The Morgan fingerprint density at radius 2 is 1.28 bits per heavy atom. The quantitative estimate of drug-likeness (QED) is 0.514. The normalized spacial score (nSPS) is 21.0. The highest BCUT2D eigenvalue weighted by Gasteiger charge is 2.33. The molecular formula is C16H29NO7S. The summed E-state index contributed by atoms with van der Waals surface area (Å²) in [6, 6.07) is 1.74. The van der Waals surface area contributed by atoms with Gasteiger partial charge in [0.05, 0.1) is 6.42 Å². The highest BCUT2D eigenvalue weighted by molar-refractivity contribution is 7.87. The summed E-state index contributed by atoms with van der Waals surface area (Å²) in [4.78, 5) is 20.0. The van der Waals surface area contributed by atoms with Crippen LogP contribution < -0.4 is 5.32 Å². The lowest BCUT2D eigenvalue weighted by Crippen LogP contribution is -2.40. The molecule has 25 heavy (non-hydrogen) atoms. The van der Waals surface area contributed by atoms with E-state index in [2.05, 4.69) is 5.32 Å². The summed E-state index contributed by atoms with van der Waals surface area (Å²) < 4.78 is 28.7. The summed E-state index contributed by atoms with van der Waals surface area (Å²) in [5, 5.41) is 17.8. The fourth-order valence-corrected chi connectivity index (χ4v) is 3.96. The second-order valence-corrected chi connectivity index (χ2v) is 8.38. The fraction of sp³-hybridized carbons (Fsp3) is 0.875. The summed E-state index contributed by atoms with van der Waals surface area (Å²) >= 11 is 0. The smallest absolute Gasteiger partial charge is 0.325 e. The highest BCUT2D eigenvalue weighted by Crippen LogP contribution is 2.22. The number of hydrogen-bond acceptors (Lipinski definition) is 5. The molecule has 0 aliphatic heterocycles. The van der Waals surface area contributed by atoms with Crippen LogP contribution in [-0.2, 0) is 19.7 Å². The van der Waals surface area contributed by atoms with Gasteiger partial charge in [0.2, 0.25) is 0 Å². The molecule has 0 amide bonds. The van der Waals surface area contributed by atoms with E-state index in [4.69, 9.17) is 14.8 Å². The standard InChI is InChI=1S/C12H23N.C4H6O7S/c1-3-7-11(8-4-1)13-12-9-5-2-6-10-12;5-3(6)1-2(4(7)8)12(9,10)11/h11-13H,1-10H2;2H,1H2,(H,5,6)(H,7,8)(H,9,10,11). The van der Waals surface area contributed by atoms with Crippen LogP contribution in [0.4, 0.5) is 0 Å². The summed E-state index contributed by atoms with van der Waals surface area (Å²) in [6.45, 7) is 0. The van der Waals surface area contributed by atoms with Gasteiger partial charge in [-0.1, -0.05) is 38.5 Å².